The predicted molar refractivity (Wildman–Crippen MR) is 99.0 cm³/mol. The highest BCUT2D eigenvalue weighted by molar-refractivity contribution is 5.76. The van der Waals surface area contributed by atoms with Crippen LogP contribution in [-0.4, -0.2) is 33.8 Å². The second-order valence-electron chi connectivity index (χ2n) is 5.57. The van der Waals surface area contributed by atoms with Crippen molar-refractivity contribution in [3.05, 3.63) is 60.9 Å². The van der Waals surface area contributed by atoms with E-state index >= 15 is 0 Å². The number of benzene rings is 2. The molecule has 0 fully saturated rings. The molecule has 0 atom stereocenters. The fourth-order valence-electron chi connectivity index (χ4n) is 2.67. The summed E-state index contributed by atoms with van der Waals surface area (Å²) in [7, 11) is 3.23. The molecular formula is C19H17N5O2. The molecule has 4 rings (SSSR count). The Labute approximate surface area is 150 Å². The first-order valence-corrected chi connectivity index (χ1v) is 8.04. The number of anilines is 2. The van der Waals surface area contributed by atoms with Crippen LogP contribution in [-0.2, 0) is 0 Å². The molecule has 0 aliphatic heterocycles. The van der Waals surface area contributed by atoms with Crippen LogP contribution in [0.5, 0.6) is 11.5 Å². The highest BCUT2D eigenvalue weighted by Gasteiger charge is 2.13. The molecule has 2 aromatic carbocycles. The van der Waals surface area contributed by atoms with Gasteiger partial charge in [0, 0.05) is 29.7 Å². The van der Waals surface area contributed by atoms with Crippen molar-refractivity contribution in [1.82, 2.24) is 19.6 Å². The number of nitrogens with one attached hydrogen (secondary N) is 1. The molecule has 0 bridgehead atoms. The van der Waals surface area contributed by atoms with Crippen LogP contribution in [0.15, 0.2) is 60.9 Å². The SMILES string of the molecule is COc1cc(OC)cc(-c2nccn3nc(Nc4ccccc4)nc23)c1. The zero-order valence-corrected chi connectivity index (χ0v) is 14.4. The summed E-state index contributed by atoms with van der Waals surface area (Å²) in [4.78, 5) is 9.08. The van der Waals surface area contributed by atoms with Gasteiger partial charge in [-0.25, -0.2) is 4.52 Å². The van der Waals surface area contributed by atoms with Crippen molar-refractivity contribution in [3.63, 3.8) is 0 Å². The minimum absolute atomic E-state index is 0.500. The summed E-state index contributed by atoms with van der Waals surface area (Å²) in [6.07, 6.45) is 3.45. The second-order valence-corrected chi connectivity index (χ2v) is 5.57. The Bertz CT molecular complexity index is 1020. The quantitative estimate of drug-likeness (QED) is 0.595. The van der Waals surface area contributed by atoms with Crippen LogP contribution in [0, 0.1) is 0 Å². The van der Waals surface area contributed by atoms with E-state index in [2.05, 4.69) is 20.4 Å². The predicted octanol–water partition coefficient (Wildman–Crippen LogP) is 3.55. The lowest BCUT2D eigenvalue weighted by Crippen LogP contribution is -1.95. The van der Waals surface area contributed by atoms with E-state index in [1.165, 1.54) is 0 Å². The van der Waals surface area contributed by atoms with Gasteiger partial charge < -0.3 is 14.8 Å². The molecule has 4 aromatic rings. The molecule has 26 heavy (non-hydrogen) atoms. The van der Waals surface area contributed by atoms with Crippen LogP contribution in [0.1, 0.15) is 0 Å². The number of para-hydroxylation sites is 1. The Balaban J connectivity index is 1.79. The maximum absolute atomic E-state index is 5.35. The van der Waals surface area contributed by atoms with E-state index < -0.39 is 0 Å². The van der Waals surface area contributed by atoms with Gasteiger partial charge in [-0.2, -0.15) is 4.98 Å². The average Bonchev–Trinajstić information content (AvgIpc) is 3.10. The number of hydrogen-bond acceptors (Lipinski definition) is 6. The van der Waals surface area contributed by atoms with Crippen molar-refractivity contribution in [3.8, 4) is 22.8 Å². The summed E-state index contributed by atoms with van der Waals surface area (Å²) >= 11 is 0. The van der Waals surface area contributed by atoms with Gasteiger partial charge in [0.1, 0.15) is 17.2 Å². The van der Waals surface area contributed by atoms with Gasteiger partial charge in [0.25, 0.3) is 0 Å². The summed E-state index contributed by atoms with van der Waals surface area (Å²) in [6, 6.07) is 15.4. The molecule has 1 N–H and O–H groups in total. The molecule has 7 heteroatoms. The van der Waals surface area contributed by atoms with Crippen molar-refractivity contribution < 1.29 is 9.47 Å². The monoisotopic (exact) mass is 347 g/mol. The molecule has 0 aliphatic rings. The Morgan fingerprint density at radius 3 is 2.38 bits per heavy atom. The summed E-state index contributed by atoms with van der Waals surface area (Å²) in [5, 5.41) is 7.67. The normalized spacial score (nSPS) is 10.7. The molecular weight excluding hydrogens is 330 g/mol. The first-order chi connectivity index (χ1) is 12.8. The Hall–Kier alpha value is -3.61. The number of methoxy groups -OCH3 is 2. The smallest absolute Gasteiger partial charge is 0.247 e. The number of fused-ring (bicyclic) bond motifs is 1. The number of hydrogen-bond donors (Lipinski definition) is 1. The zero-order valence-electron chi connectivity index (χ0n) is 14.4. The third kappa shape index (κ3) is 3.02. The molecule has 0 saturated carbocycles. The van der Waals surface area contributed by atoms with Gasteiger partial charge in [0.15, 0.2) is 5.65 Å². The van der Waals surface area contributed by atoms with Crippen molar-refractivity contribution in [1.29, 1.82) is 0 Å². The maximum atomic E-state index is 5.35. The summed E-state index contributed by atoms with van der Waals surface area (Å²) in [5.74, 6) is 1.87. The Morgan fingerprint density at radius 2 is 1.69 bits per heavy atom. The van der Waals surface area contributed by atoms with Crippen LogP contribution >= 0.6 is 0 Å². The van der Waals surface area contributed by atoms with Crippen LogP contribution < -0.4 is 14.8 Å². The molecule has 130 valence electrons. The minimum atomic E-state index is 0.500. The van der Waals surface area contributed by atoms with Crippen LogP contribution in [0.3, 0.4) is 0 Å². The Morgan fingerprint density at radius 1 is 0.962 bits per heavy atom. The largest absolute Gasteiger partial charge is 0.497 e. The van der Waals surface area contributed by atoms with E-state index in [0.29, 0.717) is 28.8 Å². The van der Waals surface area contributed by atoms with Crippen molar-refractivity contribution in [2.24, 2.45) is 0 Å². The van der Waals surface area contributed by atoms with Crippen molar-refractivity contribution >= 4 is 17.3 Å². The zero-order chi connectivity index (χ0) is 17.9. The number of ether oxygens (including phenoxy) is 2. The fraction of sp³-hybridized carbons (Fsp3) is 0.105. The van der Waals surface area contributed by atoms with Crippen molar-refractivity contribution in [2.75, 3.05) is 19.5 Å². The highest BCUT2D eigenvalue weighted by Crippen LogP contribution is 2.30. The number of aromatic nitrogens is 4. The minimum Gasteiger partial charge on any atom is -0.497 e. The molecule has 0 spiro atoms. The van der Waals surface area contributed by atoms with Crippen LogP contribution in [0.2, 0.25) is 0 Å². The molecule has 0 aliphatic carbocycles. The topological polar surface area (TPSA) is 73.6 Å². The third-order valence-corrected chi connectivity index (χ3v) is 3.91. The van der Waals surface area contributed by atoms with E-state index in [4.69, 9.17) is 9.47 Å². The van der Waals surface area contributed by atoms with E-state index in [1.807, 2.05) is 48.5 Å². The van der Waals surface area contributed by atoms with Gasteiger partial charge in [-0.05, 0) is 24.3 Å². The van der Waals surface area contributed by atoms with Gasteiger partial charge in [-0.1, -0.05) is 18.2 Å². The lowest BCUT2D eigenvalue weighted by molar-refractivity contribution is 0.394. The molecule has 7 nitrogen and oxygen atoms in total. The van der Waals surface area contributed by atoms with Crippen LogP contribution in [0.4, 0.5) is 11.6 Å². The van der Waals surface area contributed by atoms with Gasteiger partial charge in [-0.3, -0.25) is 4.98 Å². The number of rotatable bonds is 5. The van der Waals surface area contributed by atoms with E-state index in [-0.39, 0.29) is 0 Å². The van der Waals surface area contributed by atoms with E-state index in [1.54, 1.807) is 31.1 Å². The second kappa shape index (κ2) is 6.72. The lowest BCUT2D eigenvalue weighted by atomic mass is 10.1. The molecule has 0 amide bonds. The summed E-state index contributed by atoms with van der Waals surface area (Å²) < 4.78 is 12.4. The molecule has 0 unspecified atom stereocenters. The standard InChI is InChI=1S/C19H17N5O2/c1-25-15-10-13(11-16(12-15)26-2)17-18-22-19(23-24(18)9-8-20-17)21-14-6-4-3-5-7-14/h3-12H,1-2H3,(H,21,23). The van der Waals surface area contributed by atoms with Gasteiger partial charge in [0.2, 0.25) is 5.95 Å². The summed E-state index contributed by atoms with van der Waals surface area (Å²) in [6.45, 7) is 0. The third-order valence-electron chi connectivity index (χ3n) is 3.91. The van der Waals surface area contributed by atoms with Crippen molar-refractivity contribution in [2.45, 2.75) is 0 Å². The molecule has 0 saturated heterocycles. The van der Waals surface area contributed by atoms with E-state index in [9.17, 15) is 0 Å². The van der Waals surface area contributed by atoms with Gasteiger partial charge >= 0.3 is 0 Å². The van der Waals surface area contributed by atoms with Crippen LogP contribution in [0.25, 0.3) is 16.9 Å². The molecule has 2 heterocycles. The fourth-order valence-corrected chi connectivity index (χ4v) is 2.67. The number of nitrogens with zero attached hydrogens (tertiary/aromatic N) is 4. The molecule has 0 radical (unpaired) electrons. The van der Waals surface area contributed by atoms with Gasteiger partial charge in [-0.15, -0.1) is 5.10 Å². The lowest BCUT2D eigenvalue weighted by Gasteiger charge is -2.08. The maximum Gasteiger partial charge on any atom is 0.247 e. The van der Waals surface area contributed by atoms with E-state index in [0.717, 1.165) is 11.3 Å². The molecule has 2 aromatic heterocycles. The average molecular weight is 347 g/mol. The summed E-state index contributed by atoms with van der Waals surface area (Å²) in [5.41, 5.74) is 3.09. The Kier molecular flexibility index (Phi) is 4.10. The first-order valence-electron chi connectivity index (χ1n) is 8.04. The first kappa shape index (κ1) is 15.9. The highest BCUT2D eigenvalue weighted by atomic mass is 16.5. The van der Waals surface area contributed by atoms with Gasteiger partial charge in [0.05, 0.1) is 14.2 Å².